The molecule has 2 unspecified atom stereocenters. The van der Waals surface area contributed by atoms with Gasteiger partial charge in [0.05, 0.1) is 11.7 Å². The smallest absolute Gasteiger partial charge is 0.155 e. The van der Waals surface area contributed by atoms with Crippen molar-refractivity contribution in [1.82, 2.24) is 0 Å². The maximum Gasteiger partial charge on any atom is 0.155 e. The Morgan fingerprint density at radius 2 is 2.14 bits per heavy atom. The summed E-state index contributed by atoms with van der Waals surface area (Å²) in [6, 6.07) is 0. The minimum absolute atomic E-state index is 0.0927. The van der Waals surface area contributed by atoms with Crippen LogP contribution in [-0.4, -0.2) is 30.2 Å². The van der Waals surface area contributed by atoms with Crippen LogP contribution in [0.3, 0.4) is 0 Å². The van der Waals surface area contributed by atoms with Gasteiger partial charge in [-0.05, 0) is 31.6 Å². The second kappa shape index (κ2) is 2.94. The lowest BCUT2D eigenvalue weighted by molar-refractivity contribution is -0.202. The molecule has 5 atom stereocenters. The molecular formula is C11H18O3. The summed E-state index contributed by atoms with van der Waals surface area (Å²) in [5.41, 5.74) is 0.0927. The van der Waals surface area contributed by atoms with Gasteiger partial charge in [-0.25, -0.2) is 0 Å². The Bertz CT molecular complexity index is 223. The molecule has 3 heteroatoms. The molecule has 3 aliphatic rings. The van der Waals surface area contributed by atoms with Gasteiger partial charge in [0.15, 0.2) is 6.29 Å². The normalized spacial score (nSPS) is 56.1. The van der Waals surface area contributed by atoms with Gasteiger partial charge in [-0.2, -0.15) is 0 Å². The number of aliphatic hydroxyl groups excluding tert-OH is 1. The lowest BCUT2D eigenvalue weighted by Crippen LogP contribution is -2.43. The van der Waals surface area contributed by atoms with E-state index in [4.69, 9.17) is 9.47 Å². The van der Waals surface area contributed by atoms with Gasteiger partial charge in [0.25, 0.3) is 0 Å². The van der Waals surface area contributed by atoms with Gasteiger partial charge in [0, 0.05) is 19.4 Å². The molecule has 1 aliphatic heterocycles. The van der Waals surface area contributed by atoms with E-state index < -0.39 is 6.29 Å². The molecule has 0 spiro atoms. The summed E-state index contributed by atoms with van der Waals surface area (Å²) in [6.45, 7) is 0. The van der Waals surface area contributed by atoms with Crippen LogP contribution in [0.5, 0.6) is 0 Å². The second-order valence-corrected chi connectivity index (χ2v) is 5.00. The van der Waals surface area contributed by atoms with E-state index in [9.17, 15) is 5.11 Å². The quantitative estimate of drug-likeness (QED) is 0.690. The van der Waals surface area contributed by atoms with Gasteiger partial charge in [-0.15, -0.1) is 0 Å². The minimum atomic E-state index is -0.521. The Labute approximate surface area is 84.4 Å². The molecule has 2 saturated carbocycles. The molecule has 0 aromatic heterocycles. The molecule has 2 aliphatic carbocycles. The Morgan fingerprint density at radius 3 is 2.93 bits per heavy atom. The van der Waals surface area contributed by atoms with Gasteiger partial charge in [-0.1, -0.05) is 0 Å². The van der Waals surface area contributed by atoms with E-state index in [1.165, 1.54) is 6.42 Å². The van der Waals surface area contributed by atoms with Crippen molar-refractivity contribution in [1.29, 1.82) is 0 Å². The fraction of sp³-hybridized carbons (Fsp3) is 1.00. The zero-order valence-electron chi connectivity index (χ0n) is 8.61. The van der Waals surface area contributed by atoms with E-state index in [1.54, 1.807) is 0 Å². The first-order chi connectivity index (χ1) is 6.75. The van der Waals surface area contributed by atoms with E-state index in [-0.39, 0.29) is 11.7 Å². The van der Waals surface area contributed by atoms with Gasteiger partial charge < -0.3 is 14.6 Å². The van der Waals surface area contributed by atoms with Crippen molar-refractivity contribution >= 4 is 0 Å². The highest BCUT2D eigenvalue weighted by atomic mass is 16.6. The maximum absolute atomic E-state index is 9.57. The van der Waals surface area contributed by atoms with Crippen LogP contribution in [0, 0.1) is 11.8 Å². The minimum Gasteiger partial charge on any atom is -0.378 e. The summed E-state index contributed by atoms with van der Waals surface area (Å²) in [6.07, 6.45) is 5.08. The zero-order valence-corrected chi connectivity index (χ0v) is 8.61. The number of hydrogen-bond acceptors (Lipinski definition) is 3. The van der Waals surface area contributed by atoms with Crippen molar-refractivity contribution in [2.24, 2.45) is 11.8 Å². The summed E-state index contributed by atoms with van der Waals surface area (Å²) >= 11 is 0. The largest absolute Gasteiger partial charge is 0.378 e. The van der Waals surface area contributed by atoms with E-state index in [0.29, 0.717) is 11.8 Å². The molecule has 0 amide bonds. The van der Waals surface area contributed by atoms with E-state index in [2.05, 4.69) is 0 Å². The standard InChI is InChI=1S/C11H18O3/c1-13-11-4-2-7-6-9(12)14-8(3-5-11)10(7)11/h7-10,12H,2-6H2,1H3/t7-,8?,9?,10-,11-/m1/s1. The highest BCUT2D eigenvalue weighted by Gasteiger charge is 2.59. The molecule has 3 rings (SSSR count). The van der Waals surface area contributed by atoms with Crippen molar-refractivity contribution in [3.05, 3.63) is 0 Å². The van der Waals surface area contributed by atoms with Gasteiger partial charge in [0.1, 0.15) is 0 Å². The first kappa shape index (κ1) is 9.13. The molecule has 0 aromatic carbocycles. The molecule has 3 fully saturated rings. The van der Waals surface area contributed by atoms with Crippen LogP contribution in [0.2, 0.25) is 0 Å². The van der Waals surface area contributed by atoms with Crippen molar-refractivity contribution < 1.29 is 14.6 Å². The van der Waals surface area contributed by atoms with Crippen LogP contribution in [0.4, 0.5) is 0 Å². The summed E-state index contributed by atoms with van der Waals surface area (Å²) < 4.78 is 11.3. The van der Waals surface area contributed by atoms with E-state index in [1.807, 2.05) is 7.11 Å². The number of hydrogen-bond donors (Lipinski definition) is 1. The number of rotatable bonds is 1. The first-order valence-electron chi connectivity index (χ1n) is 5.64. The summed E-state index contributed by atoms with van der Waals surface area (Å²) in [4.78, 5) is 0. The topological polar surface area (TPSA) is 38.7 Å². The monoisotopic (exact) mass is 198 g/mol. The Hall–Kier alpha value is -0.120. The Kier molecular flexibility index (Phi) is 1.92. The van der Waals surface area contributed by atoms with Gasteiger partial charge >= 0.3 is 0 Å². The molecule has 0 bridgehead atoms. The van der Waals surface area contributed by atoms with Gasteiger partial charge in [0.2, 0.25) is 0 Å². The van der Waals surface area contributed by atoms with Crippen LogP contribution in [0.15, 0.2) is 0 Å². The third-order valence-electron chi connectivity index (χ3n) is 4.55. The van der Waals surface area contributed by atoms with Crippen molar-refractivity contribution in [2.45, 2.75) is 50.1 Å². The van der Waals surface area contributed by atoms with Crippen LogP contribution >= 0.6 is 0 Å². The average molecular weight is 198 g/mol. The molecule has 0 aromatic rings. The van der Waals surface area contributed by atoms with Crippen LogP contribution in [-0.2, 0) is 9.47 Å². The number of aliphatic hydroxyl groups is 1. The molecule has 1 saturated heterocycles. The fourth-order valence-electron chi connectivity index (χ4n) is 3.98. The maximum atomic E-state index is 9.57. The van der Waals surface area contributed by atoms with Gasteiger partial charge in [-0.3, -0.25) is 0 Å². The predicted molar refractivity (Wildman–Crippen MR) is 50.7 cm³/mol. The second-order valence-electron chi connectivity index (χ2n) is 5.00. The Balaban J connectivity index is 1.90. The SMILES string of the molecule is CO[C@@]12CCC3OC(O)C[C@@H](CC1)[C@H]32. The number of ether oxygens (including phenoxy) is 2. The van der Waals surface area contributed by atoms with E-state index >= 15 is 0 Å². The van der Waals surface area contributed by atoms with E-state index in [0.717, 1.165) is 25.7 Å². The molecular weight excluding hydrogens is 180 g/mol. The lowest BCUT2D eigenvalue weighted by Gasteiger charge is -2.38. The van der Waals surface area contributed by atoms with Crippen molar-refractivity contribution in [3.8, 4) is 0 Å². The summed E-state index contributed by atoms with van der Waals surface area (Å²) in [5, 5.41) is 9.57. The summed E-state index contributed by atoms with van der Waals surface area (Å²) in [7, 11) is 1.83. The first-order valence-corrected chi connectivity index (χ1v) is 5.64. The Morgan fingerprint density at radius 1 is 1.36 bits per heavy atom. The molecule has 1 N–H and O–H groups in total. The lowest BCUT2D eigenvalue weighted by atomic mass is 9.83. The fourth-order valence-corrected chi connectivity index (χ4v) is 3.98. The molecule has 0 radical (unpaired) electrons. The molecule has 14 heavy (non-hydrogen) atoms. The average Bonchev–Trinajstić information content (AvgIpc) is 2.70. The van der Waals surface area contributed by atoms with Crippen molar-refractivity contribution in [3.63, 3.8) is 0 Å². The zero-order chi connectivity index (χ0) is 9.76. The molecule has 80 valence electrons. The third kappa shape index (κ3) is 1.03. The molecule has 3 nitrogen and oxygen atoms in total. The number of methoxy groups -OCH3 is 1. The van der Waals surface area contributed by atoms with Crippen LogP contribution in [0.25, 0.3) is 0 Å². The molecule has 1 heterocycles. The van der Waals surface area contributed by atoms with Crippen molar-refractivity contribution in [2.75, 3.05) is 7.11 Å². The third-order valence-corrected chi connectivity index (χ3v) is 4.55. The highest BCUT2D eigenvalue weighted by molar-refractivity contribution is 5.08. The predicted octanol–water partition coefficient (Wildman–Crippen LogP) is 1.30. The van der Waals surface area contributed by atoms with Crippen LogP contribution in [0.1, 0.15) is 32.1 Å². The highest BCUT2D eigenvalue weighted by Crippen LogP contribution is 2.56. The van der Waals surface area contributed by atoms with Crippen LogP contribution < -0.4 is 0 Å². The summed E-state index contributed by atoms with van der Waals surface area (Å²) in [5.74, 6) is 1.18.